The lowest BCUT2D eigenvalue weighted by Gasteiger charge is -2.42. The minimum absolute atomic E-state index is 0.325. The van der Waals surface area contributed by atoms with E-state index < -0.39 is 0 Å². The average molecular weight is 553 g/mol. The fourth-order valence-electron chi connectivity index (χ4n) is 5.98. The number of fused-ring (bicyclic) bond motifs is 2. The van der Waals surface area contributed by atoms with Gasteiger partial charge in [0.25, 0.3) is 0 Å². The molecular weight excluding hydrogens is 511 g/mol. The van der Waals surface area contributed by atoms with Crippen LogP contribution in [0.5, 0.6) is 0 Å². The predicted octanol–water partition coefficient (Wildman–Crippen LogP) is 8.19. The maximum Gasteiger partial charge on any atom is 0.158 e. The number of hydrogen-bond acceptors (Lipinski definition) is 5. The first-order chi connectivity index (χ1) is 20.1. The number of imidazole rings is 1. The summed E-state index contributed by atoms with van der Waals surface area (Å²) < 4.78 is 18.4. The van der Waals surface area contributed by atoms with E-state index in [1.54, 1.807) is 6.20 Å². The topological polar surface area (TPSA) is 58.4 Å². The molecule has 1 aliphatic rings. The number of aromatic nitrogens is 4. The van der Waals surface area contributed by atoms with E-state index in [2.05, 4.69) is 33.4 Å². The molecule has 5 aromatic rings. The first kappa shape index (κ1) is 28.7. The monoisotopic (exact) mass is 552 g/mol. The van der Waals surface area contributed by atoms with Gasteiger partial charge in [0.15, 0.2) is 11.6 Å². The van der Waals surface area contributed by atoms with Crippen LogP contribution in [0.3, 0.4) is 0 Å². The molecular formula is C34H41FN6. The molecule has 0 unspecified atom stereocenters. The second kappa shape index (κ2) is 12.8. The van der Waals surface area contributed by atoms with Gasteiger partial charge in [0.2, 0.25) is 0 Å². The zero-order valence-electron chi connectivity index (χ0n) is 24.9. The molecule has 3 heterocycles. The van der Waals surface area contributed by atoms with Gasteiger partial charge in [-0.3, -0.25) is 4.40 Å². The molecule has 7 heteroatoms. The van der Waals surface area contributed by atoms with Crippen LogP contribution in [0.2, 0.25) is 0 Å². The molecule has 41 heavy (non-hydrogen) atoms. The number of benzene rings is 2. The van der Waals surface area contributed by atoms with Crippen LogP contribution in [-0.4, -0.2) is 50.4 Å². The van der Waals surface area contributed by atoms with Gasteiger partial charge in [0, 0.05) is 47.9 Å². The number of hydrogen-bond donors (Lipinski definition) is 1. The Morgan fingerprint density at radius 3 is 2.34 bits per heavy atom. The van der Waals surface area contributed by atoms with Crippen LogP contribution in [0.4, 0.5) is 10.2 Å². The largest absolute Gasteiger partial charge is 0.371 e. The Balaban J connectivity index is 0.00000165. The van der Waals surface area contributed by atoms with Crippen molar-refractivity contribution in [3.05, 3.63) is 78.6 Å². The quantitative estimate of drug-likeness (QED) is 0.200. The summed E-state index contributed by atoms with van der Waals surface area (Å²) in [5.41, 5.74) is 3.91. The molecule has 1 fully saturated rings. The van der Waals surface area contributed by atoms with Crippen LogP contribution < -0.4 is 5.32 Å². The highest BCUT2D eigenvalue weighted by atomic mass is 19.1. The van der Waals surface area contributed by atoms with Gasteiger partial charge < -0.3 is 10.2 Å². The van der Waals surface area contributed by atoms with Gasteiger partial charge in [-0.2, -0.15) is 0 Å². The van der Waals surface area contributed by atoms with Gasteiger partial charge in [0.1, 0.15) is 22.6 Å². The van der Waals surface area contributed by atoms with E-state index in [4.69, 9.17) is 9.97 Å². The molecule has 0 spiro atoms. The average Bonchev–Trinajstić information content (AvgIpc) is 3.37. The second-order valence-electron chi connectivity index (χ2n) is 10.5. The number of rotatable bonds is 9. The fourth-order valence-corrected chi connectivity index (χ4v) is 5.98. The van der Waals surface area contributed by atoms with Crippen LogP contribution >= 0.6 is 0 Å². The van der Waals surface area contributed by atoms with E-state index in [0.29, 0.717) is 34.6 Å². The first-order valence-electron chi connectivity index (χ1n) is 15.1. The highest BCUT2D eigenvalue weighted by Crippen LogP contribution is 2.43. The number of anilines is 1. The van der Waals surface area contributed by atoms with Crippen LogP contribution in [0.25, 0.3) is 38.9 Å². The van der Waals surface area contributed by atoms with Gasteiger partial charge in [-0.1, -0.05) is 70.2 Å². The zero-order chi connectivity index (χ0) is 28.9. The molecule has 0 atom stereocenters. The molecule has 0 saturated heterocycles. The molecule has 6 rings (SSSR count). The normalized spacial score (nSPS) is 16.5. The maximum absolute atomic E-state index is 16.3. The van der Waals surface area contributed by atoms with Crippen LogP contribution in [0.1, 0.15) is 65.1 Å². The molecule has 1 aliphatic carbocycles. The molecule has 3 aromatic heterocycles. The zero-order valence-corrected chi connectivity index (χ0v) is 24.9. The van der Waals surface area contributed by atoms with Crippen molar-refractivity contribution in [2.45, 2.75) is 65.3 Å². The van der Waals surface area contributed by atoms with Crippen molar-refractivity contribution in [2.75, 3.05) is 25.5 Å². The maximum atomic E-state index is 16.3. The minimum Gasteiger partial charge on any atom is -0.371 e. The number of pyridine rings is 1. The van der Waals surface area contributed by atoms with Crippen LogP contribution in [-0.2, 0) is 0 Å². The van der Waals surface area contributed by atoms with Crippen molar-refractivity contribution in [1.82, 2.24) is 24.3 Å². The molecule has 214 valence electrons. The van der Waals surface area contributed by atoms with E-state index in [0.717, 1.165) is 66.8 Å². The summed E-state index contributed by atoms with van der Waals surface area (Å²) in [5.74, 6) is 1.64. The SMILES string of the molecule is CC.CCCN(CCC)C1CC(c2nc(-c3ccc4ccc(-c5ccccc5)nc4c3F)c3c(NC)nccn23)C1. The highest BCUT2D eigenvalue weighted by Gasteiger charge is 2.37. The van der Waals surface area contributed by atoms with E-state index in [1.165, 1.54) is 0 Å². The van der Waals surface area contributed by atoms with Gasteiger partial charge in [-0.15, -0.1) is 0 Å². The van der Waals surface area contributed by atoms with Gasteiger partial charge in [-0.05, 0) is 50.9 Å². The summed E-state index contributed by atoms with van der Waals surface area (Å²) in [6.07, 6.45) is 8.20. The van der Waals surface area contributed by atoms with E-state index in [1.807, 2.05) is 81.7 Å². The first-order valence-corrected chi connectivity index (χ1v) is 15.1. The smallest absolute Gasteiger partial charge is 0.158 e. The standard InChI is InChI=1S/C32H35FN6.C2H6/c1-4-16-38(17-5-2)24-19-23(20-24)32-37-29(30-31(34-3)35-15-18-39(30)32)25-13-11-22-12-14-26(36-28(22)27(25)33)21-9-7-6-8-10-21;1-2/h6-15,18,23-24H,4-5,16-17,19-20H2,1-3H3,(H,34,35);1-2H3. The molecule has 2 aromatic carbocycles. The van der Waals surface area contributed by atoms with Crippen molar-refractivity contribution < 1.29 is 4.39 Å². The lowest BCUT2D eigenvalue weighted by Crippen LogP contribution is -2.45. The summed E-state index contributed by atoms with van der Waals surface area (Å²) in [4.78, 5) is 17.0. The third kappa shape index (κ3) is 5.43. The molecule has 1 saturated carbocycles. The summed E-state index contributed by atoms with van der Waals surface area (Å²) in [5, 5.41) is 3.96. The van der Waals surface area contributed by atoms with Crippen molar-refractivity contribution >= 4 is 22.2 Å². The van der Waals surface area contributed by atoms with Crippen molar-refractivity contribution in [1.29, 1.82) is 0 Å². The summed E-state index contributed by atoms with van der Waals surface area (Å²) in [6.45, 7) is 10.8. The summed E-state index contributed by atoms with van der Waals surface area (Å²) in [6, 6.07) is 18.1. The lowest BCUT2D eigenvalue weighted by atomic mass is 9.78. The molecule has 0 aliphatic heterocycles. The van der Waals surface area contributed by atoms with Crippen molar-refractivity contribution in [2.24, 2.45) is 0 Å². The third-order valence-electron chi connectivity index (χ3n) is 7.96. The number of halogens is 1. The Kier molecular flexibility index (Phi) is 8.93. The number of nitrogens with one attached hydrogen (secondary N) is 1. The van der Waals surface area contributed by atoms with Gasteiger partial charge >= 0.3 is 0 Å². The minimum atomic E-state index is -0.355. The highest BCUT2D eigenvalue weighted by molar-refractivity contribution is 5.92. The second-order valence-corrected chi connectivity index (χ2v) is 10.5. The Bertz CT molecular complexity index is 1600. The Morgan fingerprint density at radius 2 is 1.66 bits per heavy atom. The Morgan fingerprint density at radius 1 is 0.951 bits per heavy atom. The summed E-state index contributed by atoms with van der Waals surface area (Å²) in [7, 11) is 1.84. The molecule has 6 nitrogen and oxygen atoms in total. The number of nitrogens with zero attached hydrogens (tertiary/aromatic N) is 5. The third-order valence-corrected chi connectivity index (χ3v) is 7.96. The molecule has 1 N–H and O–H groups in total. The van der Waals surface area contributed by atoms with E-state index >= 15 is 4.39 Å². The predicted molar refractivity (Wildman–Crippen MR) is 168 cm³/mol. The summed E-state index contributed by atoms with van der Waals surface area (Å²) >= 11 is 0. The van der Waals surface area contributed by atoms with Gasteiger partial charge in [0.05, 0.1) is 5.69 Å². The Hall–Kier alpha value is -3.84. The van der Waals surface area contributed by atoms with Crippen molar-refractivity contribution in [3.8, 4) is 22.5 Å². The van der Waals surface area contributed by atoms with Gasteiger partial charge in [-0.25, -0.2) is 19.3 Å². The van der Waals surface area contributed by atoms with E-state index in [9.17, 15) is 0 Å². The molecule has 0 bridgehead atoms. The van der Waals surface area contributed by atoms with Crippen molar-refractivity contribution in [3.63, 3.8) is 0 Å². The van der Waals surface area contributed by atoms with Crippen LogP contribution in [0.15, 0.2) is 67.0 Å². The molecule has 0 amide bonds. The fraction of sp³-hybridized carbons (Fsp3) is 0.382. The Labute approximate surface area is 242 Å². The molecule has 0 radical (unpaired) electrons. The van der Waals surface area contributed by atoms with Crippen LogP contribution in [0, 0.1) is 5.82 Å². The van der Waals surface area contributed by atoms with E-state index in [-0.39, 0.29) is 5.82 Å². The lowest BCUT2D eigenvalue weighted by molar-refractivity contribution is 0.105.